The number of imide groups is 1. The van der Waals surface area contributed by atoms with Gasteiger partial charge in [0.25, 0.3) is 0 Å². The number of benzene rings is 2. The summed E-state index contributed by atoms with van der Waals surface area (Å²) in [5.74, 6) is -1.64. The first-order chi connectivity index (χ1) is 16.3. The molecule has 2 aliphatic heterocycles. The molecule has 2 saturated heterocycles. The van der Waals surface area contributed by atoms with Crippen LogP contribution in [-0.4, -0.2) is 30.2 Å². The number of rotatable bonds is 4. The highest BCUT2D eigenvalue weighted by Crippen LogP contribution is 2.42. The molecular formula is C26H25ClN2O5. The maximum absolute atomic E-state index is 13.0. The number of hydrogen-bond donors (Lipinski definition) is 0. The van der Waals surface area contributed by atoms with Crippen LogP contribution in [0.5, 0.6) is 5.75 Å². The molecule has 2 heterocycles. The second-order valence-corrected chi connectivity index (χ2v) is 9.83. The van der Waals surface area contributed by atoms with Crippen LogP contribution in [0, 0.1) is 23.7 Å². The summed E-state index contributed by atoms with van der Waals surface area (Å²) in [6.45, 7) is 2.28. The summed E-state index contributed by atoms with van der Waals surface area (Å²) in [6, 6.07) is 13.4. The SMILES string of the molecule is C[C@@H]1CC[C@@H]2C(=O)N(c3cccc(OC(=O)[C@@H]4CC(=O)N(c5ccccc5Cl)C4)c3)C(=O)[C@@H]2C1. The minimum absolute atomic E-state index is 0.0222. The number of para-hydroxylation sites is 1. The Bertz CT molecular complexity index is 1180. The Balaban J connectivity index is 1.30. The number of halogens is 1. The summed E-state index contributed by atoms with van der Waals surface area (Å²) in [7, 11) is 0. The second kappa shape index (κ2) is 8.87. The van der Waals surface area contributed by atoms with Gasteiger partial charge in [-0.05, 0) is 49.4 Å². The summed E-state index contributed by atoms with van der Waals surface area (Å²) >= 11 is 6.21. The fraction of sp³-hybridized carbons (Fsp3) is 0.385. The standard InChI is InChI=1S/C26H25ClN2O5/c1-15-9-10-19-20(11-15)25(32)29(24(19)31)17-5-4-6-18(13-17)34-26(33)16-12-23(30)28(14-16)22-8-3-2-7-21(22)27/h2-8,13,15-16,19-20H,9-12,14H2,1H3/t15-,16-,19+,20-/m1/s1. The van der Waals surface area contributed by atoms with Crippen molar-refractivity contribution < 1.29 is 23.9 Å². The molecule has 0 bridgehead atoms. The molecule has 3 fully saturated rings. The number of esters is 1. The van der Waals surface area contributed by atoms with E-state index in [1.54, 1.807) is 42.5 Å². The number of amides is 3. The number of carbonyl (C=O) groups is 4. The smallest absolute Gasteiger partial charge is 0.316 e. The average molecular weight is 481 g/mol. The Kier molecular flexibility index (Phi) is 5.90. The van der Waals surface area contributed by atoms with Gasteiger partial charge in [-0.3, -0.25) is 19.2 Å². The normalized spacial score (nSPS) is 26.7. The third-order valence-corrected chi connectivity index (χ3v) is 7.40. The van der Waals surface area contributed by atoms with Gasteiger partial charge in [-0.25, -0.2) is 4.90 Å². The molecule has 3 aliphatic rings. The van der Waals surface area contributed by atoms with Crippen LogP contribution in [0.2, 0.25) is 5.02 Å². The summed E-state index contributed by atoms with van der Waals surface area (Å²) in [5, 5.41) is 0.437. The molecule has 34 heavy (non-hydrogen) atoms. The molecule has 2 aromatic rings. The average Bonchev–Trinajstić information content (AvgIpc) is 3.31. The largest absolute Gasteiger partial charge is 0.426 e. The zero-order valence-electron chi connectivity index (χ0n) is 18.8. The van der Waals surface area contributed by atoms with E-state index < -0.39 is 11.9 Å². The van der Waals surface area contributed by atoms with Crippen molar-refractivity contribution in [2.45, 2.75) is 32.6 Å². The van der Waals surface area contributed by atoms with E-state index >= 15 is 0 Å². The van der Waals surface area contributed by atoms with E-state index in [9.17, 15) is 19.2 Å². The maximum atomic E-state index is 13.0. The fourth-order valence-electron chi connectivity index (χ4n) is 5.30. The highest BCUT2D eigenvalue weighted by atomic mass is 35.5. The predicted molar refractivity (Wildman–Crippen MR) is 126 cm³/mol. The molecule has 1 saturated carbocycles. The van der Waals surface area contributed by atoms with Crippen LogP contribution < -0.4 is 14.5 Å². The van der Waals surface area contributed by atoms with Crippen molar-refractivity contribution in [1.29, 1.82) is 0 Å². The van der Waals surface area contributed by atoms with E-state index in [1.807, 2.05) is 0 Å². The molecule has 0 aromatic heterocycles. The minimum Gasteiger partial charge on any atom is -0.426 e. The molecule has 176 valence electrons. The van der Waals surface area contributed by atoms with Crippen molar-refractivity contribution in [1.82, 2.24) is 0 Å². The zero-order chi connectivity index (χ0) is 24.0. The number of hydrogen-bond acceptors (Lipinski definition) is 5. The topological polar surface area (TPSA) is 84.0 Å². The monoisotopic (exact) mass is 480 g/mol. The van der Waals surface area contributed by atoms with Crippen LogP contribution in [0.4, 0.5) is 11.4 Å². The molecule has 2 aromatic carbocycles. The zero-order valence-corrected chi connectivity index (χ0v) is 19.5. The predicted octanol–water partition coefficient (Wildman–Crippen LogP) is 4.22. The van der Waals surface area contributed by atoms with Gasteiger partial charge in [-0.15, -0.1) is 0 Å². The van der Waals surface area contributed by atoms with E-state index in [2.05, 4.69) is 6.92 Å². The Morgan fingerprint density at radius 3 is 2.56 bits per heavy atom. The van der Waals surface area contributed by atoms with E-state index in [-0.39, 0.29) is 48.3 Å². The lowest BCUT2D eigenvalue weighted by molar-refractivity contribution is -0.139. The number of anilines is 2. The Labute approximate surface area is 202 Å². The third-order valence-electron chi connectivity index (χ3n) is 7.08. The molecule has 0 radical (unpaired) electrons. The molecule has 7 nitrogen and oxygen atoms in total. The lowest BCUT2D eigenvalue weighted by atomic mass is 9.76. The van der Waals surface area contributed by atoms with Crippen LogP contribution in [0.1, 0.15) is 32.6 Å². The summed E-state index contributed by atoms with van der Waals surface area (Å²) in [5.41, 5.74) is 0.968. The van der Waals surface area contributed by atoms with Gasteiger partial charge in [0.2, 0.25) is 17.7 Å². The summed E-state index contributed by atoms with van der Waals surface area (Å²) in [6.07, 6.45) is 2.41. The van der Waals surface area contributed by atoms with E-state index in [0.717, 1.165) is 19.3 Å². The van der Waals surface area contributed by atoms with Gasteiger partial charge in [-0.2, -0.15) is 0 Å². The van der Waals surface area contributed by atoms with Gasteiger partial charge in [0.1, 0.15) is 5.75 Å². The third kappa shape index (κ3) is 3.98. The van der Waals surface area contributed by atoms with Crippen molar-refractivity contribution in [3.8, 4) is 5.75 Å². The molecular weight excluding hydrogens is 456 g/mol. The lowest BCUT2D eigenvalue weighted by Crippen LogP contribution is -2.31. The molecule has 1 aliphatic carbocycles. The first kappa shape index (κ1) is 22.6. The van der Waals surface area contributed by atoms with Crippen LogP contribution in [0.3, 0.4) is 0 Å². The summed E-state index contributed by atoms with van der Waals surface area (Å²) < 4.78 is 5.57. The Morgan fingerprint density at radius 1 is 1.00 bits per heavy atom. The van der Waals surface area contributed by atoms with Crippen molar-refractivity contribution in [3.05, 3.63) is 53.6 Å². The molecule has 0 spiro atoms. The van der Waals surface area contributed by atoms with Gasteiger partial charge in [0, 0.05) is 19.0 Å². The quantitative estimate of drug-likeness (QED) is 0.371. The van der Waals surface area contributed by atoms with Crippen molar-refractivity contribution in [2.75, 3.05) is 16.3 Å². The van der Waals surface area contributed by atoms with Crippen LogP contribution in [0.15, 0.2) is 48.5 Å². The number of ether oxygens (including phenoxy) is 1. The van der Waals surface area contributed by atoms with Crippen molar-refractivity contribution in [3.63, 3.8) is 0 Å². The van der Waals surface area contributed by atoms with Crippen LogP contribution in [-0.2, 0) is 19.2 Å². The first-order valence-corrected chi connectivity index (χ1v) is 12.0. The number of carbonyl (C=O) groups excluding carboxylic acids is 4. The second-order valence-electron chi connectivity index (χ2n) is 9.42. The number of fused-ring (bicyclic) bond motifs is 1. The minimum atomic E-state index is -0.646. The molecule has 0 unspecified atom stereocenters. The molecule has 0 N–H and O–H groups in total. The van der Waals surface area contributed by atoms with E-state index in [4.69, 9.17) is 16.3 Å². The first-order valence-electron chi connectivity index (χ1n) is 11.6. The molecule has 3 amide bonds. The van der Waals surface area contributed by atoms with E-state index in [0.29, 0.717) is 22.3 Å². The van der Waals surface area contributed by atoms with Crippen molar-refractivity contribution in [2.24, 2.45) is 23.7 Å². The highest BCUT2D eigenvalue weighted by Gasteiger charge is 2.50. The summed E-state index contributed by atoms with van der Waals surface area (Å²) in [4.78, 5) is 54.1. The van der Waals surface area contributed by atoms with Crippen LogP contribution in [0.25, 0.3) is 0 Å². The van der Waals surface area contributed by atoms with Gasteiger partial charge >= 0.3 is 5.97 Å². The molecule has 5 rings (SSSR count). The maximum Gasteiger partial charge on any atom is 0.316 e. The van der Waals surface area contributed by atoms with Gasteiger partial charge < -0.3 is 9.64 Å². The van der Waals surface area contributed by atoms with E-state index in [1.165, 1.54) is 15.9 Å². The van der Waals surface area contributed by atoms with Gasteiger partial charge in [0.05, 0.1) is 34.2 Å². The Morgan fingerprint density at radius 2 is 1.76 bits per heavy atom. The van der Waals surface area contributed by atoms with Gasteiger partial charge in [-0.1, -0.05) is 36.7 Å². The fourth-order valence-corrected chi connectivity index (χ4v) is 5.54. The lowest BCUT2D eigenvalue weighted by Gasteiger charge is -2.25. The Hall–Kier alpha value is -3.19. The molecule has 8 heteroatoms. The number of nitrogens with zero attached hydrogens (tertiary/aromatic N) is 2. The van der Waals surface area contributed by atoms with Gasteiger partial charge in [0.15, 0.2) is 0 Å². The molecule has 4 atom stereocenters. The van der Waals surface area contributed by atoms with Crippen LogP contribution >= 0.6 is 11.6 Å². The van der Waals surface area contributed by atoms with Crippen molar-refractivity contribution >= 4 is 46.7 Å². The highest BCUT2D eigenvalue weighted by molar-refractivity contribution is 6.34.